The quantitative estimate of drug-likeness (QED) is 0.590. The summed E-state index contributed by atoms with van der Waals surface area (Å²) < 4.78 is 18.9. The molecule has 0 spiro atoms. The van der Waals surface area contributed by atoms with Crippen LogP contribution in [0.25, 0.3) is 11.4 Å². The number of halogens is 1. The maximum absolute atomic E-state index is 13.7. The van der Waals surface area contributed by atoms with Gasteiger partial charge in [0, 0.05) is 24.3 Å². The Morgan fingerprint density at radius 3 is 2.60 bits per heavy atom. The fourth-order valence-corrected chi connectivity index (χ4v) is 2.67. The first-order chi connectivity index (χ1) is 14.5. The van der Waals surface area contributed by atoms with Crippen LogP contribution in [0.15, 0.2) is 48.8 Å². The number of ether oxygens (including phenoxy) is 1. The number of benzene rings is 2. The van der Waals surface area contributed by atoms with E-state index in [1.54, 1.807) is 24.3 Å². The van der Waals surface area contributed by atoms with Gasteiger partial charge < -0.3 is 20.3 Å². The van der Waals surface area contributed by atoms with Crippen molar-refractivity contribution in [1.82, 2.24) is 25.2 Å². The molecule has 30 heavy (non-hydrogen) atoms. The minimum Gasteiger partial charge on any atom is -0.496 e. The van der Waals surface area contributed by atoms with Gasteiger partial charge in [-0.15, -0.1) is 0 Å². The van der Waals surface area contributed by atoms with Gasteiger partial charge in [-0.05, 0) is 56.6 Å². The first-order valence-electron chi connectivity index (χ1n) is 9.29. The molecule has 1 aromatic heterocycles. The number of likely N-dealkylation sites (N-methyl/N-ethyl adjacent to an activating group) is 1. The number of hydrogen-bond donors (Lipinski definition) is 2. The second-order valence-electron chi connectivity index (χ2n) is 6.74. The van der Waals surface area contributed by atoms with E-state index in [4.69, 9.17) is 4.74 Å². The lowest BCUT2D eigenvalue weighted by Crippen LogP contribution is -2.31. The molecule has 0 saturated carbocycles. The fourth-order valence-electron chi connectivity index (χ4n) is 2.67. The van der Waals surface area contributed by atoms with Gasteiger partial charge in [0.15, 0.2) is 5.82 Å². The Hall–Kier alpha value is -3.59. The number of hydrogen-bond acceptors (Lipinski definition) is 7. The lowest BCUT2D eigenvalue weighted by Gasteiger charge is -2.11. The summed E-state index contributed by atoms with van der Waals surface area (Å²) in [5, 5.41) is 5.92. The third kappa shape index (κ3) is 5.48. The Labute approximate surface area is 174 Å². The summed E-state index contributed by atoms with van der Waals surface area (Å²) in [6.07, 6.45) is 1.33. The van der Waals surface area contributed by atoms with E-state index >= 15 is 0 Å². The average molecular weight is 410 g/mol. The molecule has 0 unspecified atom stereocenters. The second-order valence-corrected chi connectivity index (χ2v) is 6.74. The SMILES string of the molecule is COc1ccc(F)cc1-c1ncnc(Nc2ccc(C(=O)NCCN(C)C)cc2)n1. The summed E-state index contributed by atoms with van der Waals surface area (Å²) in [7, 11) is 5.39. The Morgan fingerprint density at radius 1 is 1.13 bits per heavy atom. The number of nitrogens with one attached hydrogen (secondary N) is 2. The van der Waals surface area contributed by atoms with Crippen LogP contribution in [0.4, 0.5) is 16.0 Å². The summed E-state index contributed by atoms with van der Waals surface area (Å²) in [6, 6.07) is 11.1. The van der Waals surface area contributed by atoms with Crippen molar-refractivity contribution in [3.05, 3.63) is 60.2 Å². The van der Waals surface area contributed by atoms with Crippen molar-refractivity contribution in [2.75, 3.05) is 39.6 Å². The number of carbonyl (C=O) groups excluding carboxylic acids is 1. The average Bonchev–Trinajstić information content (AvgIpc) is 2.74. The van der Waals surface area contributed by atoms with Gasteiger partial charge >= 0.3 is 0 Å². The molecular weight excluding hydrogens is 387 g/mol. The third-order valence-corrected chi connectivity index (χ3v) is 4.22. The summed E-state index contributed by atoms with van der Waals surface area (Å²) in [6.45, 7) is 1.34. The van der Waals surface area contributed by atoms with E-state index in [1.807, 2.05) is 19.0 Å². The largest absolute Gasteiger partial charge is 0.496 e. The van der Waals surface area contributed by atoms with Crippen LogP contribution in [0.3, 0.4) is 0 Å². The van der Waals surface area contributed by atoms with Crippen molar-refractivity contribution >= 4 is 17.5 Å². The Bertz CT molecular complexity index is 1010. The third-order valence-electron chi connectivity index (χ3n) is 4.22. The molecule has 0 aliphatic carbocycles. The van der Waals surface area contributed by atoms with Gasteiger partial charge in [-0.1, -0.05) is 0 Å². The van der Waals surface area contributed by atoms with Crippen molar-refractivity contribution in [3.8, 4) is 17.1 Å². The molecule has 1 heterocycles. The van der Waals surface area contributed by atoms with Crippen LogP contribution in [-0.4, -0.2) is 60.1 Å². The van der Waals surface area contributed by atoms with Crippen LogP contribution in [0.5, 0.6) is 5.75 Å². The Balaban J connectivity index is 1.71. The summed E-state index contributed by atoms with van der Waals surface area (Å²) in [4.78, 5) is 26.7. The molecule has 0 fully saturated rings. The van der Waals surface area contributed by atoms with E-state index in [9.17, 15) is 9.18 Å². The Kier molecular flexibility index (Phi) is 6.87. The smallest absolute Gasteiger partial charge is 0.251 e. The van der Waals surface area contributed by atoms with Crippen molar-refractivity contribution < 1.29 is 13.9 Å². The molecule has 2 N–H and O–H groups in total. The monoisotopic (exact) mass is 410 g/mol. The lowest BCUT2D eigenvalue weighted by molar-refractivity contribution is 0.0951. The highest BCUT2D eigenvalue weighted by molar-refractivity contribution is 5.94. The van der Waals surface area contributed by atoms with Crippen LogP contribution in [0, 0.1) is 5.82 Å². The van der Waals surface area contributed by atoms with Crippen LogP contribution in [0.1, 0.15) is 10.4 Å². The molecule has 0 aliphatic rings. The lowest BCUT2D eigenvalue weighted by atomic mass is 10.2. The number of rotatable bonds is 8. The maximum atomic E-state index is 13.7. The number of anilines is 2. The highest BCUT2D eigenvalue weighted by Crippen LogP contribution is 2.28. The molecule has 0 radical (unpaired) electrons. The molecule has 1 amide bonds. The van der Waals surface area contributed by atoms with Crippen molar-refractivity contribution in [3.63, 3.8) is 0 Å². The van der Waals surface area contributed by atoms with Gasteiger partial charge in [0.1, 0.15) is 17.9 Å². The van der Waals surface area contributed by atoms with Gasteiger partial charge in [-0.25, -0.2) is 14.4 Å². The first-order valence-corrected chi connectivity index (χ1v) is 9.29. The molecule has 8 nitrogen and oxygen atoms in total. The highest BCUT2D eigenvalue weighted by atomic mass is 19.1. The van der Waals surface area contributed by atoms with Gasteiger partial charge in [0.05, 0.1) is 12.7 Å². The normalized spacial score (nSPS) is 10.7. The van der Waals surface area contributed by atoms with Crippen LogP contribution in [-0.2, 0) is 0 Å². The fraction of sp³-hybridized carbons (Fsp3) is 0.238. The van der Waals surface area contributed by atoms with E-state index in [0.717, 1.165) is 6.54 Å². The zero-order chi connectivity index (χ0) is 21.5. The summed E-state index contributed by atoms with van der Waals surface area (Å²) in [5.41, 5.74) is 1.68. The number of nitrogens with zero attached hydrogens (tertiary/aromatic N) is 4. The molecule has 0 aliphatic heterocycles. The highest BCUT2D eigenvalue weighted by Gasteiger charge is 2.12. The summed E-state index contributed by atoms with van der Waals surface area (Å²) >= 11 is 0. The maximum Gasteiger partial charge on any atom is 0.251 e. The molecule has 3 aromatic rings. The molecule has 0 saturated heterocycles. The molecule has 156 valence electrons. The van der Waals surface area contributed by atoms with Gasteiger partial charge in [-0.3, -0.25) is 4.79 Å². The molecule has 9 heteroatoms. The Morgan fingerprint density at radius 2 is 1.90 bits per heavy atom. The van der Waals surface area contributed by atoms with Crippen molar-refractivity contribution in [1.29, 1.82) is 0 Å². The number of aromatic nitrogens is 3. The van der Waals surface area contributed by atoms with E-state index < -0.39 is 5.82 Å². The van der Waals surface area contributed by atoms with Gasteiger partial charge in [0.25, 0.3) is 5.91 Å². The zero-order valence-corrected chi connectivity index (χ0v) is 17.0. The minimum absolute atomic E-state index is 0.135. The van der Waals surface area contributed by atoms with Crippen LogP contribution in [0.2, 0.25) is 0 Å². The predicted octanol–water partition coefficient (Wildman–Crippen LogP) is 2.72. The van der Waals surface area contributed by atoms with Crippen LogP contribution >= 0.6 is 0 Å². The van der Waals surface area contributed by atoms with E-state index in [1.165, 1.54) is 31.6 Å². The molecule has 0 bridgehead atoms. The molecule has 3 rings (SSSR count). The van der Waals surface area contributed by atoms with Crippen molar-refractivity contribution in [2.45, 2.75) is 0 Å². The number of amides is 1. The van der Waals surface area contributed by atoms with E-state index in [-0.39, 0.29) is 17.7 Å². The van der Waals surface area contributed by atoms with E-state index in [0.29, 0.717) is 29.1 Å². The molecule has 2 aromatic carbocycles. The topological polar surface area (TPSA) is 92.3 Å². The van der Waals surface area contributed by atoms with E-state index in [2.05, 4.69) is 25.6 Å². The second kappa shape index (κ2) is 9.75. The van der Waals surface area contributed by atoms with Gasteiger partial charge in [0.2, 0.25) is 5.95 Å². The standard InChI is InChI=1S/C21H23FN6O2/c1-28(2)11-10-23-20(29)14-4-7-16(8-5-14)26-21-25-13-24-19(27-21)17-12-15(22)6-9-18(17)30-3/h4-9,12-13H,10-11H2,1-3H3,(H,23,29)(H,24,25,26,27). The zero-order valence-electron chi connectivity index (χ0n) is 17.0. The van der Waals surface area contributed by atoms with Crippen LogP contribution < -0.4 is 15.4 Å². The first kappa shape index (κ1) is 21.1. The number of carbonyl (C=O) groups is 1. The molecular formula is C21H23FN6O2. The number of methoxy groups -OCH3 is 1. The van der Waals surface area contributed by atoms with Gasteiger partial charge in [-0.2, -0.15) is 4.98 Å². The predicted molar refractivity (Wildman–Crippen MR) is 112 cm³/mol. The van der Waals surface area contributed by atoms with Crippen molar-refractivity contribution in [2.24, 2.45) is 0 Å². The minimum atomic E-state index is -0.417. The summed E-state index contributed by atoms with van der Waals surface area (Å²) in [5.74, 6) is 0.470. The molecule has 0 atom stereocenters.